The Hall–Kier alpha value is -0.570. The summed E-state index contributed by atoms with van der Waals surface area (Å²) in [4.78, 5) is 11.1. The Balaban J connectivity index is 3.88. The van der Waals surface area contributed by atoms with Crippen molar-refractivity contribution in [2.75, 3.05) is 0 Å². The normalized spacial score (nSPS) is 14.3. The summed E-state index contributed by atoms with van der Waals surface area (Å²) >= 11 is 0. The van der Waals surface area contributed by atoms with Crippen molar-refractivity contribution < 1.29 is 9.90 Å². The molecule has 1 atom stereocenters. The summed E-state index contributed by atoms with van der Waals surface area (Å²) in [5.41, 5.74) is -1.26. The molecular formula is C8H17NO2. The molecule has 66 valence electrons. The third kappa shape index (κ3) is 3.98. The maximum atomic E-state index is 11.1. The average molecular weight is 159 g/mol. The molecule has 0 saturated carbocycles. The second-order valence-electron chi connectivity index (χ2n) is 3.34. The summed E-state index contributed by atoms with van der Waals surface area (Å²) in [6.07, 6.45) is 0.877. The molecule has 3 nitrogen and oxygen atoms in total. The third-order valence-electron chi connectivity index (χ3n) is 1.55. The topological polar surface area (TPSA) is 49.3 Å². The molecule has 1 amide bonds. The SMILES string of the molecule is CCC(C)NC(=O)C(C)(C)O. The van der Waals surface area contributed by atoms with Crippen molar-refractivity contribution in [1.82, 2.24) is 5.32 Å². The van der Waals surface area contributed by atoms with Crippen LogP contribution in [-0.4, -0.2) is 22.7 Å². The maximum absolute atomic E-state index is 11.1. The van der Waals surface area contributed by atoms with Gasteiger partial charge in [0, 0.05) is 6.04 Å². The maximum Gasteiger partial charge on any atom is 0.251 e. The standard InChI is InChI=1S/C8H17NO2/c1-5-6(2)9-7(10)8(3,4)11/h6,11H,5H2,1-4H3,(H,9,10). The van der Waals surface area contributed by atoms with Crippen LogP contribution in [0.2, 0.25) is 0 Å². The molecule has 0 aromatic heterocycles. The zero-order valence-electron chi connectivity index (χ0n) is 7.64. The minimum absolute atomic E-state index is 0.133. The van der Waals surface area contributed by atoms with E-state index >= 15 is 0 Å². The largest absolute Gasteiger partial charge is 0.381 e. The van der Waals surface area contributed by atoms with Gasteiger partial charge in [-0.15, -0.1) is 0 Å². The Morgan fingerprint density at radius 3 is 2.36 bits per heavy atom. The van der Waals surface area contributed by atoms with Crippen molar-refractivity contribution in [1.29, 1.82) is 0 Å². The van der Waals surface area contributed by atoms with Crippen molar-refractivity contribution in [2.45, 2.75) is 45.8 Å². The Morgan fingerprint density at radius 2 is 2.09 bits per heavy atom. The fourth-order valence-electron chi connectivity index (χ4n) is 0.502. The van der Waals surface area contributed by atoms with Crippen LogP contribution in [0, 0.1) is 0 Å². The van der Waals surface area contributed by atoms with Crippen LogP contribution >= 0.6 is 0 Å². The van der Waals surface area contributed by atoms with Gasteiger partial charge in [-0.25, -0.2) is 0 Å². The highest BCUT2D eigenvalue weighted by Gasteiger charge is 2.24. The van der Waals surface area contributed by atoms with E-state index in [0.29, 0.717) is 0 Å². The highest BCUT2D eigenvalue weighted by Crippen LogP contribution is 2.01. The van der Waals surface area contributed by atoms with E-state index in [1.807, 2.05) is 13.8 Å². The molecule has 0 aliphatic heterocycles. The molecule has 0 radical (unpaired) electrons. The van der Waals surface area contributed by atoms with Gasteiger partial charge in [0.25, 0.3) is 5.91 Å². The van der Waals surface area contributed by atoms with E-state index in [2.05, 4.69) is 5.32 Å². The van der Waals surface area contributed by atoms with Crippen molar-refractivity contribution >= 4 is 5.91 Å². The van der Waals surface area contributed by atoms with Crippen LogP contribution in [0.4, 0.5) is 0 Å². The van der Waals surface area contributed by atoms with E-state index in [4.69, 9.17) is 0 Å². The Morgan fingerprint density at radius 1 is 1.64 bits per heavy atom. The van der Waals surface area contributed by atoms with Gasteiger partial charge >= 0.3 is 0 Å². The monoisotopic (exact) mass is 159 g/mol. The summed E-state index contributed by atoms with van der Waals surface area (Å²) in [7, 11) is 0. The molecule has 0 rings (SSSR count). The lowest BCUT2D eigenvalue weighted by atomic mass is 10.1. The fourth-order valence-corrected chi connectivity index (χ4v) is 0.502. The van der Waals surface area contributed by atoms with E-state index in [0.717, 1.165) is 6.42 Å². The molecule has 0 aliphatic carbocycles. The fraction of sp³-hybridized carbons (Fsp3) is 0.875. The Labute approximate surface area is 67.8 Å². The first-order valence-corrected chi connectivity index (χ1v) is 3.91. The van der Waals surface area contributed by atoms with Crippen LogP contribution < -0.4 is 5.32 Å². The molecule has 0 saturated heterocycles. The number of hydrogen-bond acceptors (Lipinski definition) is 2. The van der Waals surface area contributed by atoms with Gasteiger partial charge < -0.3 is 10.4 Å². The van der Waals surface area contributed by atoms with Gasteiger partial charge in [0.1, 0.15) is 5.60 Å². The van der Waals surface area contributed by atoms with Crippen molar-refractivity contribution in [3.8, 4) is 0 Å². The van der Waals surface area contributed by atoms with Gasteiger partial charge in [0.2, 0.25) is 0 Å². The predicted molar refractivity (Wildman–Crippen MR) is 44.2 cm³/mol. The minimum atomic E-state index is -1.26. The van der Waals surface area contributed by atoms with E-state index in [1.165, 1.54) is 13.8 Å². The highest BCUT2D eigenvalue weighted by molar-refractivity contribution is 5.84. The number of rotatable bonds is 3. The number of carbonyl (C=O) groups is 1. The first-order valence-electron chi connectivity index (χ1n) is 3.91. The number of hydrogen-bond donors (Lipinski definition) is 2. The zero-order chi connectivity index (χ0) is 9.07. The molecule has 11 heavy (non-hydrogen) atoms. The predicted octanol–water partition coefficient (Wildman–Crippen LogP) is 0.672. The molecule has 0 aliphatic rings. The molecule has 1 unspecified atom stereocenters. The summed E-state index contributed by atoms with van der Waals surface area (Å²) < 4.78 is 0. The molecule has 2 N–H and O–H groups in total. The molecule has 0 spiro atoms. The van der Waals surface area contributed by atoms with Crippen LogP contribution in [-0.2, 0) is 4.79 Å². The van der Waals surface area contributed by atoms with Gasteiger partial charge in [0.15, 0.2) is 0 Å². The molecule has 0 heterocycles. The molecule has 0 aromatic carbocycles. The summed E-state index contributed by atoms with van der Waals surface area (Å²) in [5, 5.41) is 11.9. The number of carbonyl (C=O) groups excluding carboxylic acids is 1. The highest BCUT2D eigenvalue weighted by atomic mass is 16.3. The Kier molecular flexibility index (Phi) is 3.52. The summed E-state index contributed by atoms with van der Waals surface area (Å²) in [6, 6.07) is 0.133. The summed E-state index contributed by atoms with van der Waals surface area (Å²) in [5.74, 6) is -0.313. The van der Waals surface area contributed by atoms with Crippen LogP contribution in [0.25, 0.3) is 0 Å². The molecule has 0 aromatic rings. The zero-order valence-corrected chi connectivity index (χ0v) is 7.64. The van der Waals surface area contributed by atoms with Gasteiger partial charge in [-0.05, 0) is 27.2 Å². The van der Waals surface area contributed by atoms with Crippen molar-refractivity contribution in [3.63, 3.8) is 0 Å². The first-order chi connectivity index (χ1) is 4.88. The van der Waals surface area contributed by atoms with Gasteiger partial charge in [-0.2, -0.15) is 0 Å². The lowest BCUT2D eigenvalue weighted by Crippen LogP contribution is -2.45. The van der Waals surface area contributed by atoms with Crippen LogP contribution in [0.1, 0.15) is 34.1 Å². The van der Waals surface area contributed by atoms with E-state index in [-0.39, 0.29) is 11.9 Å². The summed E-state index contributed by atoms with van der Waals surface area (Å²) in [6.45, 7) is 6.84. The average Bonchev–Trinajstić information content (AvgIpc) is 1.85. The van der Waals surface area contributed by atoms with E-state index < -0.39 is 5.60 Å². The second-order valence-corrected chi connectivity index (χ2v) is 3.34. The lowest BCUT2D eigenvalue weighted by molar-refractivity contribution is -0.137. The van der Waals surface area contributed by atoms with Crippen LogP contribution in [0.15, 0.2) is 0 Å². The molecular weight excluding hydrogens is 142 g/mol. The van der Waals surface area contributed by atoms with Crippen molar-refractivity contribution in [2.24, 2.45) is 0 Å². The van der Waals surface area contributed by atoms with Gasteiger partial charge in [-0.3, -0.25) is 4.79 Å². The minimum Gasteiger partial charge on any atom is -0.381 e. The quantitative estimate of drug-likeness (QED) is 0.636. The first kappa shape index (κ1) is 10.4. The Bertz CT molecular complexity index is 138. The molecule has 0 bridgehead atoms. The second kappa shape index (κ2) is 3.72. The molecule has 0 fully saturated rings. The van der Waals surface area contributed by atoms with Gasteiger partial charge in [-0.1, -0.05) is 6.92 Å². The van der Waals surface area contributed by atoms with Crippen molar-refractivity contribution in [3.05, 3.63) is 0 Å². The van der Waals surface area contributed by atoms with Crippen LogP contribution in [0.5, 0.6) is 0 Å². The molecule has 3 heteroatoms. The number of aliphatic hydroxyl groups is 1. The number of amides is 1. The van der Waals surface area contributed by atoms with E-state index in [1.54, 1.807) is 0 Å². The third-order valence-corrected chi connectivity index (χ3v) is 1.55. The smallest absolute Gasteiger partial charge is 0.251 e. The van der Waals surface area contributed by atoms with Gasteiger partial charge in [0.05, 0.1) is 0 Å². The van der Waals surface area contributed by atoms with E-state index in [9.17, 15) is 9.90 Å². The number of nitrogens with one attached hydrogen (secondary N) is 1. The van der Waals surface area contributed by atoms with Crippen LogP contribution in [0.3, 0.4) is 0 Å². The lowest BCUT2D eigenvalue weighted by Gasteiger charge is -2.19.